The van der Waals surface area contributed by atoms with Crippen molar-refractivity contribution in [3.05, 3.63) is 41.4 Å². The number of hydrogen-bond acceptors (Lipinski definition) is 4. The first-order chi connectivity index (χ1) is 13.9. The second-order valence-corrected chi connectivity index (χ2v) is 8.07. The first kappa shape index (κ1) is 27.8. The van der Waals surface area contributed by atoms with Crippen LogP contribution in [0.15, 0.2) is 36.4 Å². The maximum atomic E-state index is 14.3. The molecule has 5 atom stereocenters. The van der Waals surface area contributed by atoms with Gasteiger partial charge in [-0.05, 0) is 68.6 Å². The molecule has 0 saturated heterocycles. The molecule has 1 fully saturated rings. The van der Waals surface area contributed by atoms with E-state index in [0.29, 0.717) is 42.9 Å². The molecule has 0 aliphatic heterocycles. The van der Waals surface area contributed by atoms with Gasteiger partial charge in [-0.1, -0.05) is 29.8 Å². The normalized spacial score (nSPS) is 24.5. The zero-order valence-electron chi connectivity index (χ0n) is 17.0. The average molecular weight is 570 g/mol. The third-order valence-electron chi connectivity index (χ3n) is 5.40. The first-order valence-electron chi connectivity index (χ1n) is 10.1. The summed E-state index contributed by atoms with van der Waals surface area (Å²) < 4.78 is 19.7. The van der Waals surface area contributed by atoms with Gasteiger partial charge in [0.2, 0.25) is 0 Å². The van der Waals surface area contributed by atoms with E-state index in [-0.39, 0.29) is 72.6 Å². The number of aliphatic carboxylic acids is 1. The summed E-state index contributed by atoms with van der Waals surface area (Å²) in [5.41, 5.74) is 0. The van der Waals surface area contributed by atoms with Gasteiger partial charge in [-0.25, -0.2) is 4.39 Å². The maximum Gasteiger partial charge on any atom is 0.303 e. The van der Waals surface area contributed by atoms with Crippen molar-refractivity contribution in [2.45, 2.75) is 63.3 Å². The summed E-state index contributed by atoms with van der Waals surface area (Å²) in [4.78, 5) is 10.5. The second-order valence-electron chi connectivity index (χ2n) is 7.63. The monoisotopic (exact) mass is 569 g/mol. The molecule has 3 N–H and O–H groups in total. The average Bonchev–Trinajstić information content (AvgIpc) is 2.93. The van der Waals surface area contributed by atoms with Crippen molar-refractivity contribution >= 4 is 17.6 Å². The van der Waals surface area contributed by atoms with Gasteiger partial charge >= 0.3 is 5.97 Å². The number of carboxylic acid groups (broad SMARTS) is 1. The van der Waals surface area contributed by atoms with Gasteiger partial charge in [-0.2, -0.15) is 0 Å². The number of aliphatic hydroxyl groups excluding tert-OH is 2. The van der Waals surface area contributed by atoms with Crippen molar-refractivity contribution in [3.8, 4) is 5.75 Å². The maximum absolute atomic E-state index is 14.3. The van der Waals surface area contributed by atoms with Crippen LogP contribution in [0.25, 0.3) is 0 Å². The molecular weight excluding hydrogens is 540 g/mol. The quantitative estimate of drug-likeness (QED) is 0.257. The van der Waals surface area contributed by atoms with Crippen molar-refractivity contribution in [1.82, 2.24) is 0 Å². The molecule has 1 aliphatic rings. The number of hydrogen-bond donors (Lipinski definition) is 3. The number of ether oxygens (including phenoxy) is 1. The molecule has 1 aromatic carbocycles. The van der Waals surface area contributed by atoms with E-state index in [9.17, 15) is 19.4 Å². The number of alkyl halides is 1. The predicted molar refractivity (Wildman–Crippen MR) is 110 cm³/mol. The van der Waals surface area contributed by atoms with Crippen LogP contribution >= 0.6 is 11.6 Å². The van der Waals surface area contributed by atoms with Gasteiger partial charge in [0.05, 0.1) is 12.2 Å². The van der Waals surface area contributed by atoms with Crippen LogP contribution in [0.2, 0.25) is 5.02 Å². The Bertz CT molecular complexity index is 675. The van der Waals surface area contributed by atoms with Gasteiger partial charge in [0.1, 0.15) is 18.5 Å². The number of rotatable bonds is 12. The molecule has 165 valence electrons. The van der Waals surface area contributed by atoms with Crippen LogP contribution in [0.5, 0.6) is 5.75 Å². The molecule has 5 nitrogen and oxygen atoms in total. The van der Waals surface area contributed by atoms with Gasteiger partial charge in [-0.15, -0.1) is 0 Å². The minimum atomic E-state index is -1.17. The number of unbranched alkanes of at least 4 members (excludes halogenated alkanes) is 1. The standard InChI is InChI=1S/C22H30ClFO5.Pr/c23-15-6-5-7-17(12-15)29-14-16(24)10-11-19-18(20(25)13-21(19)26)8-3-1-2-4-9-22(27)28;/h1,3,5-7,12,16,18-21,25-26H,2,4,8-11,13-14H2,(H,27,28);/b3-1+;. The summed E-state index contributed by atoms with van der Waals surface area (Å²) in [7, 11) is 0. The number of aliphatic hydroxyl groups is 2. The summed E-state index contributed by atoms with van der Waals surface area (Å²) in [6, 6.07) is 6.80. The van der Waals surface area contributed by atoms with E-state index < -0.39 is 24.3 Å². The number of carboxylic acids is 1. The summed E-state index contributed by atoms with van der Waals surface area (Å²) in [5, 5.41) is 29.7. The van der Waals surface area contributed by atoms with E-state index in [1.54, 1.807) is 24.3 Å². The van der Waals surface area contributed by atoms with Crippen LogP contribution in [-0.4, -0.2) is 46.3 Å². The number of benzene rings is 1. The SMILES string of the molecule is O=C(O)CCC/C=C/CC1C(O)CC(O)C1CCC(F)COc1cccc(Cl)c1.[Pr]. The molecule has 1 aliphatic carbocycles. The first-order valence-corrected chi connectivity index (χ1v) is 10.5. The largest absolute Gasteiger partial charge is 0.491 e. The molecule has 0 bridgehead atoms. The molecule has 0 spiro atoms. The molecule has 1 saturated carbocycles. The summed E-state index contributed by atoms with van der Waals surface area (Å²) in [6.45, 7) is -0.0835. The van der Waals surface area contributed by atoms with E-state index in [0.717, 1.165) is 0 Å². The Morgan fingerprint density at radius 1 is 1.27 bits per heavy atom. The molecule has 2 rings (SSSR count). The smallest absolute Gasteiger partial charge is 0.303 e. The van der Waals surface area contributed by atoms with E-state index >= 15 is 0 Å². The molecule has 8 heteroatoms. The molecule has 5 unspecified atom stereocenters. The molecule has 0 amide bonds. The fourth-order valence-corrected chi connectivity index (χ4v) is 4.03. The molecule has 30 heavy (non-hydrogen) atoms. The van der Waals surface area contributed by atoms with Gasteiger partial charge in [0, 0.05) is 52.7 Å². The van der Waals surface area contributed by atoms with Crippen molar-refractivity contribution < 1.29 is 70.5 Å². The fourth-order valence-electron chi connectivity index (χ4n) is 3.85. The minimum Gasteiger partial charge on any atom is -0.491 e. The molecule has 1 aromatic rings. The number of halogens is 2. The van der Waals surface area contributed by atoms with E-state index in [2.05, 4.69) is 0 Å². The van der Waals surface area contributed by atoms with Crippen LogP contribution in [-0.2, 0) is 4.79 Å². The summed E-state index contributed by atoms with van der Waals surface area (Å²) >= 11 is 5.88. The van der Waals surface area contributed by atoms with Crippen molar-refractivity contribution in [3.63, 3.8) is 0 Å². The zero-order chi connectivity index (χ0) is 21.2. The molecule has 1 radical (unpaired) electrons. The Morgan fingerprint density at radius 2 is 2.00 bits per heavy atom. The Kier molecular flexibility index (Phi) is 13.6. The number of allylic oxidation sites excluding steroid dienone is 2. The third-order valence-corrected chi connectivity index (χ3v) is 5.63. The van der Waals surface area contributed by atoms with Crippen LogP contribution in [0.4, 0.5) is 4.39 Å². The third kappa shape index (κ3) is 9.91. The topological polar surface area (TPSA) is 87.0 Å². The predicted octanol–water partition coefficient (Wildman–Crippen LogP) is 4.40. The van der Waals surface area contributed by atoms with Crippen molar-refractivity contribution in [1.29, 1.82) is 0 Å². The van der Waals surface area contributed by atoms with Gasteiger partial charge < -0.3 is 20.1 Å². The van der Waals surface area contributed by atoms with Crippen molar-refractivity contribution in [2.24, 2.45) is 11.8 Å². The van der Waals surface area contributed by atoms with Crippen LogP contribution in [0, 0.1) is 53.1 Å². The molecular formula is C22H30ClFO5Pr. The van der Waals surface area contributed by atoms with Gasteiger partial charge in [0.15, 0.2) is 0 Å². The van der Waals surface area contributed by atoms with Gasteiger partial charge in [0.25, 0.3) is 0 Å². The van der Waals surface area contributed by atoms with Gasteiger partial charge in [-0.3, -0.25) is 4.79 Å². The Hall–Kier alpha value is -0.266. The Labute approximate surface area is 215 Å². The fraction of sp³-hybridized carbons (Fsp3) is 0.591. The van der Waals surface area contributed by atoms with E-state index in [1.807, 2.05) is 12.2 Å². The molecule has 0 heterocycles. The van der Waals surface area contributed by atoms with Crippen molar-refractivity contribution in [2.75, 3.05) is 6.61 Å². The minimum absolute atomic E-state index is 0. The summed E-state index contributed by atoms with van der Waals surface area (Å²) in [6.07, 6.45) is 4.38. The molecule has 0 aromatic heterocycles. The second kappa shape index (κ2) is 14.7. The number of carbonyl (C=O) groups is 1. The van der Waals surface area contributed by atoms with Crippen LogP contribution in [0.1, 0.15) is 44.9 Å². The Morgan fingerprint density at radius 3 is 2.70 bits per heavy atom. The summed E-state index contributed by atoms with van der Waals surface area (Å²) in [5.74, 6) is -0.588. The van der Waals surface area contributed by atoms with Crippen LogP contribution in [0.3, 0.4) is 0 Å². The van der Waals surface area contributed by atoms with E-state index in [4.69, 9.17) is 21.4 Å². The van der Waals surface area contributed by atoms with Crippen LogP contribution < -0.4 is 4.74 Å². The Balaban J connectivity index is 0.00000450. The van der Waals surface area contributed by atoms with E-state index in [1.165, 1.54) is 0 Å². The zero-order valence-corrected chi connectivity index (χ0v) is 21.5.